The molecule has 0 fully saturated rings. The summed E-state index contributed by atoms with van der Waals surface area (Å²) in [5.41, 5.74) is 2.58. The fourth-order valence-corrected chi connectivity index (χ4v) is 2.53. The van der Waals surface area contributed by atoms with Crippen molar-refractivity contribution in [2.24, 2.45) is 0 Å². The Labute approximate surface area is 149 Å². The number of alkyl halides is 3. The van der Waals surface area contributed by atoms with Gasteiger partial charge in [-0.1, -0.05) is 24.3 Å². The zero-order valence-corrected chi connectivity index (χ0v) is 14.2. The van der Waals surface area contributed by atoms with E-state index in [0.717, 1.165) is 28.9 Å². The monoisotopic (exact) mass is 358 g/mol. The first-order valence-corrected chi connectivity index (χ1v) is 7.93. The van der Waals surface area contributed by atoms with Gasteiger partial charge in [-0.05, 0) is 49.2 Å². The molecule has 26 heavy (non-hydrogen) atoms. The van der Waals surface area contributed by atoms with E-state index in [1.807, 2.05) is 32.0 Å². The first kappa shape index (κ1) is 17.7. The van der Waals surface area contributed by atoms with Crippen LogP contribution in [0.25, 0.3) is 0 Å². The maximum absolute atomic E-state index is 12.8. The minimum atomic E-state index is -4.39. The van der Waals surface area contributed by atoms with Crippen molar-refractivity contribution in [2.75, 3.05) is 10.6 Å². The third-order valence-electron chi connectivity index (χ3n) is 3.84. The average molecular weight is 358 g/mol. The third-order valence-corrected chi connectivity index (χ3v) is 3.84. The van der Waals surface area contributed by atoms with Crippen molar-refractivity contribution in [1.82, 2.24) is 9.97 Å². The second-order valence-corrected chi connectivity index (χ2v) is 5.86. The van der Waals surface area contributed by atoms with Gasteiger partial charge in [0.05, 0.1) is 5.56 Å². The molecular formula is C19H17F3N4. The highest BCUT2D eigenvalue weighted by molar-refractivity contribution is 5.64. The molecule has 1 heterocycles. The normalized spacial score (nSPS) is 11.3. The van der Waals surface area contributed by atoms with Gasteiger partial charge < -0.3 is 10.6 Å². The maximum atomic E-state index is 12.8. The number of anilines is 4. The Bertz CT molecular complexity index is 902. The van der Waals surface area contributed by atoms with Crippen LogP contribution in [-0.2, 0) is 6.18 Å². The number of rotatable bonds is 4. The summed E-state index contributed by atoms with van der Waals surface area (Å²) in [6, 6.07) is 12.5. The van der Waals surface area contributed by atoms with Crippen molar-refractivity contribution in [2.45, 2.75) is 20.0 Å². The molecule has 1 aromatic heterocycles. The zero-order chi connectivity index (χ0) is 18.7. The summed E-state index contributed by atoms with van der Waals surface area (Å²) in [5.74, 6) is 0.757. The van der Waals surface area contributed by atoms with Gasteiger partial charge in [0.2, 0.25) is 5.95 Å². The third kappa shape index (κ3) is 4.11. The molecule has 0 radical (unpaired) electrons. The Morgan fingerprint density at radius 3 is 2.27 bits per heavy atom. The minimum Gasteiger partial charge on any atom is -0.340 e. The van der Waals surface area contributed by atoms with Crippen LogP contribution in [0.15, 0.2) is 54.7 Å². The molecule has 0 amide bonds. The number of nitrogens with zero attached hydrogens (tertiary/aromatic N) is 2. The van der Waals surface area contributed by atoms with E-state index in [1.165, 1.54) is 6.07 Å². The Morgan fingerprint density at radius 1 is 0.885 bits per heavy atom. The predicted octanol–water partition coefficient (Wildman–Crippen LogP) is 5.60. The highest BCUT2D eigenvalue weighted by atomic mass is 19.4. The van der Waals surface area contributed by atoms with Crippen LogP contribution >= 0.6 is 0 Å². The molecule has 0 atom stereocenters. The molecule has 3 aromatic rings. The largest absolute Gasteiger partial charge is 0.416 e. The fourth-order valence-electron chi connectivity index (χ4n) is 2.53. The van der Waals surface area contributed by atoms with Gasteiger partial charge >= 0.3 is 6.18 Å². The number of halogens is 3. The van der Waals surface area contributed by atoms with Crippen LogP contribution < -0.4 is 10.6 Å². The molecule has 7 heteroatoms. The molecule has 2 N–H and O–H groups in total. The standard InChI is InChI=1S/C19H17F3N4/c1-12-5-3-6-13(2)17(12)26-18-23-10-9-16(25-18)24-15-8-4-7-14(11-15)19(20,21)22/h3-11H,1-2H3,(H2,23,24,25,26). The molecule has 0 saturated heterocycles. The molecule has 0 saturated carbocycles. The van der Waals surface area contributed by atoms with E-state index in [0.29, 0.717) is 17.5 Å². The van der Waals surface area contributed by atoms with E-state index < -0.39 is 11.7 Å². The summed E-state index contributed by atoms with van der Waals surface area (Å²) in [6.45, 7) is 3.94. The highest BCUT2D eigenvalue weighted by Gasteiger charge is 2.30. The molecule has 2 aromatic carbocycles. The molecule has 134 valence electrons. The summed E-state index contributed by atoms with van der Waals surface area (Å²) in [5, 5.41) is 6.04. The Balaban J connectivity index is 1.82. The number of hydrogen-bond acceptors (Lipinski definition) is 4. The zero-order valence-electron chi connectivity index (χ0n) is 14.2. The second-order valence-electron chi connectivity index (χ2n) is 5.86. The Morgan fingerprint density at radius 2 is 1.58 bits per heavy atom. The lowest BCUT2D eigenvalue weighted by Crippen LogP contribution is -2.06. The van der Waals surface area contributed by atoms with Crippen molar-refractivity contribution in [3.05, 3.63) is 71.4 Å². The number of hydrogen-bond donors (Lipinski definition) is 2. The highest BCUT2D eigenvalue weighted by Crippen LogP contribution is 2.31. The van der Waals surface area contributed by atoms with Gasteiger partial charge in [0.1, 0.15) is 5.82 Å². The van der Waals surface area contributed by atoms with Crippen LogP contribution in [0.5, 0.6) is 0 Å². The van der Waals surface area contributed by atoms with Crippen molar-refractivity contribution < 1.29 is 13.2 Å². The van der Waals surface area contributed by atoms with Crippen LogP contribution in [0.1, 0.15) is 16.7 Å². The lowest BCUT2D eigenvalue weighted by atomic mass is 10.1. The molecule has 0 aliphatic rings. The van der Waals surface area contributed by atoms with Gasteiger partial charge in [-0.3, -0.25) is 0 Å². The first-order valence-electron chi connectivity index (χ1n) is 7.93. The van der Waals surface area contributed by atoms with Crippen LogP contribution in [-0.4, -0.2) is 9.97 Å². The molecule has 0 spiro atoms. The summed E-state index contributed by atoms with van der Waals surface area (Å²) in [4.78, 5) is 8.50. The smallest absolute Gasteiger partial charge is 0.340 e. The van der Waals surface area contributed by atoms with Crippen LogP contribution in [0.4, 0.5) is 36.3 Å². The van der Waals surface area contributed by atoms with E-state index in [1.54, 1.807) is 18.3 Å². The van der Waals surface area contributed by atoms with Crippen LogP contribution in [0.3, 0.4) is 0 Å². The predicted molar refractivity (Wildman–Crippen MR) is 96.0 cm³/mol. The van der Waals surface area contributed by atoms with Gasteiger partial charge in [-0.25, -0.2) is 4.98 Å². The maximum Gasteiger partial charge on any atom is 0.416 e. The van der Waals surface area contributed by atoms with E-state index in [2.05, 4.69) is 20.6 Å². The summed E-state index contributed by atoms with van der Waals surface area (Å²) >= 11 is 0. The number of para-hydroxylation sites is 1. The van der Waals surface area contributed by atoms with E-state index in [-0.39, 0.29) is 0 Å². The number of benzene rings is 2. The quantitative estimate of drug-likeness (QED) is 0.637. The summed E-state index contributed by atoms with van der Waals surface area (Å²) in [7, 11) is 0. The number of aryl methyl sites for hydroxylation is 2. The van der Waals surface area contributed by atoms with Gasteiger partial charge in [0.25, 0.3) is 0 Å². The van der Waals surface area contributed by atoms with E-state index in [4.69, 9.17) is 0 Å². The summed E-state index contributed by atoms with van der Waals surface area (Å²) in [6.07, 6.45) is -2.85. The lowest BCUT2D eigenvalue weighted by molar-refractivity contribution is -0.137. The van der Waals surface area contributed by atoms with E-state index >= 15 is 0 Å². The number of aromatic nitrogens is 2. The van der Waals surface area contributed by atoms with Crippen molar-refractivity contribution in [3.8, 4) is 0 Å². The Kier molecular flexibility index (Phi) is 4.79. The molecule has 4 nitrogen and oxygen atoms in total. The number of nitrogens with one attached hydrogen (secondary N) is 2. The SMILES string of the molecule is Cc1cccc(C)c1Nc1nccc(Nc2cccc(C(F)(F)F)c2)n1. The summed E-state index contributed by atoms with van der Waals surface area (Å²) < 4.78 is 38.5. The van der Waals surface area contributed by atoms with Crippen molar-refractivity contribution in [1.29, 1.82) is 0 Å². The molecule has 0 bridgehead atoms. The average Bonchev–Trinajstić information content (AvgIpc) is 2.58. The second kappa shape index (κ2) is 7.03. The van der Waals surface area contributed by atoms with Gasteiger partial charge in [-0.15, -0.1) is 0 Å². The van der Waals surface area contributed by atoms with Gasteiger partial charge in [0, 0.05) is 17.6 Å². The van der Waals surface area contributed by atoms with Gasteiger partial charge in [-0.2, -0.15) is 18.2 Å². The van der Waals surface area contributed by atoms with Crippen molar-refractivity contribution >= 4 is 23.1 Å². The molecule has 0 aliphatic carbocycles. The van der Waals surface area contributed by atoms with Gasteiger partial charge in [0.15, 0.2) is 0 Å². The van der Waals surface area contributed by atoms with E-state index in [9.17, 15) is 13.2 Å². The fraction of sp³-hybridized carbons (Fsp3) is 0.158. The van der Waals surface area contributed by atoms with Crippen LogP contribution in [0.2, 0.25) is 0 Å². The minimum absolute atomic E-state index is 0.302. The lowest BCUT2D eigenvalue weighted by Gasteiger charge is -2.13. The molecule has 0 unspecified atom stereocenters. The van der Waals surface area contributed by atoms with Crippen molar-refractivity contribution in [3.63, 3.8) is 0 Å². The molecule has 0 aliphatic heterocycles. The Hall–Kier alpha value is -3.09. The molecule has 3 rings (SSSR count). The van der Waals surface area contributed by atoms with Crippen LogP contribution in [0, 0.1) is 13.8 Å². The first-order chi connectivity index (χ1) is 12.3. The topological polar surface area (TPSA) is 49.8 Å². The molecular weight excluding hydrogens is 341 g/mol.